The molecule has 1 amide bonds. The molecule has 1 unspecified atom stereocenters. The maximum absolute atomic E-state index is 12.8. The van der Waals surface area contributed by atoms with E-state index in [0.717, 1.165) is 13.0 Å². The minimum atomic E-state index is -0.954. The Kier molecular flexibility index (Phi) is 5.14. The van der Waals surface area contributed by atoms with Crippen LogP contribution in [0.2, 0.25) is 0 Å². The molecular formula is C15H21FN2O3. The van der Waals surface area contributed by atoms with Crippen LogP contribution in [0.3, 0.4) is 0 Å². The largest absolute Gasteiger partial charge is 0.491 e. The molecule has 5 nitrogen and oxygen atoms in total. The maximum atomic E-state index is 12.8. The van der Waals surface area contributed by atoms with Gasteiger partial charge in [0.1, 0.15) is 23.8 Å². The van der Waals surface area contributed by atoms with Gasteiger partial charge in [-0.15, -0.1) is 0 Å². The number of hydrogen-bond donors (Lipinski definition) is 2. The van der Waals surface area contributed by atoms with Crippen molar-refractivity contribution in [2.24, 2.45) is 5.73 Å². The van der Waals surface area contributed by atoms with Crippen LogP contribution in [0.25, 0.3) is 0 Å². The zero-order valence-electron chi connectivity index (χ0n) is 11.9. The molecule has 0 bridgehead atoms. The Morgan fingerprint density at radius 1 is 1.43 bits per heavy atom. The topological polar surface area (TPSA) is 75.8 Å². The number of carbonyl (C=O) groups is 1. The molecule has 0 saturated carbocycles. The average Bonchev–Trinajstić information content (AvgIpc) is 2.45. The number of benzene rings is 1. The fourth-order valence-electron chi connectivity index (χ4n) is 2.53. The smallest absolute Gasteiger partial charge is 0.218 e. The van der Waals surface area contributed by atoms with Crippen LogP contribution in [0.15, 0.2) is 24.3 Å². The highest BCUT2D eigenvalue weighted by Crippen LogP contribution is 2.23. The lowest BCUT2D eigenvalue weighted by molar-refractivity contribution is -0.119. The van der Waals surface area contributed by atoms with Gasteiger partial charge in [-0.2, -0.15) is 0 Å². The number of likely N-dealkylation sites (tertiary alicyclic amines) is 1. The summed E-state index contributed by atoms with van der Waals surface area (Å²) >= 11 is 0. The summed E-state index contributed by atoms with van der Waals surface area (Å²) in [6, 6.07) is 5.71. The van der Waals surface area contributed by atoms with E-state index in [0.29, 0.717) is 25.3 Å². The van der Waals surface area contributed by atoms with E-state index >= 15 is 0 Å². The zero-order chi connectivity index (χ0) is 15.3. The summed E-state index contributed by atoms with van der Waals surface area (Å²) in [6.07, 6.45) is 1.76. The molecule has 1 aliphatic rings. The molecule has 1 aliphatic heterocycles. The van der Waals surface area contributed by atoms with Crippen molar-refractivity contribution in [3.05, 3.63) is 30.1 Å². The normalized spacial score (nSPS) is 23.0. The quantitative estimate of drug-likeness (QED) is 0.818. The summed E-state index contributed by atoms with van der Waals surface area (Å²) in [6.45, 7) is 1.98. The maximum Gasteiger partial charge on any atom is 0.218 e. The van der Waals surface area contributed by atoms with Crippen molar-refractivity contribution in [1.29, 1.82) is 0 Å². The third kappa shape index (κ3) is 4.99. The molecule has 1 saturated heterocycles. The number of nitrogens with zero attached hydrogens (tertiary/aromatic N) is 1. The van der Waals surface area contributed by atoms with E-state index in [9.17, 15) is 14.3 Å². The van der Waals surface area contributed by atoms with E-state index in [1.165, 1.54) is 24.3 Å². The lowest BCUT2D eigenvalue weighted by Gasteiger charge is -2.38. The molecule has 1 atom stereocenters. The monoisotopic (exact) mass is 296 g/mol. The fraction of sp³-hybridized carbons (Fsp3) is 0.533. The molecule has 0 aliphatic carbocycles. The molecule has 116 valence electrons. The van der Waals surface area contributed by atoms with Crippen LogP contribution in [-0.4, -0.2) is 47.8 Å². The van der Waals surface area contributed by atoms with E-state index in [1.807, 2.05) is 4.90 Å². The lowest BCUT2D eigenvalue weighted by atomic mass is 9.93. The molecule has 1 aromatic rings. The van der Waals surface area contributed by atoms with E-state index in [2.05, 4.69) is 0 Å². The van der Waals surface area contributed by atoms with Crippen LogP contribution in [-0.2, 0) is 4.79 Å². The standard InChI is InChI=1S/C15H21FN2O3/c16-12-2-4-13(5-3-12)21-11-15(20)7-1-8-18(10-15)9-6-14(17)19/h2-5,20H,1,6-11H2,(H2,17,19). The first-order chi connectivity index (χ1) is 9.97. The number of rotatable bonds is 6. The number of halogens is 1. The molecule has 0 aromatic heterocycles. The van der Waals surface area contributed by atoms with Gasteiger partial charge in [0.05, 0.1) is 0 Å². The second kappa shape index (κ2) is 6.87. The average molecular weight is 296 g/mol. The predicted molar refractivity (Wildman–Crippen MR) is 76.3 cm³/mol. The molecule has 0 radical (unpaired) electrons. The van der Waals surface area contributed by atoms with Gasteiger partial charge in [-0.05, 0) is 43.7 Å². The van der Waals surface area contributed by atoms with Crippen molar-refractivity contribution in [1.82, 2.24) is 4.90 Å². The lowest BCUT2D eigenvalue weighted by Crippen LogP contribution is -2.52. The van der Waals surface area contributed by atoms with Gasteiger partial charge >= 0.3 is 0 Å². The zero-order valence-corrected chi connectivity index (χ0v) is 11.9. The Hall–Kier alpha value is -1.66. The van der Waals surface area contributed by atoms with Gasteiger partial charge in [-0.25, -0.2) is 4.39 Å². The van der Waals surface area contributed by atoms with Crippen molar-refractivity contribution in [2.45, 2.75) is 24.9 Å². The second-order valence-electron chi connectivity index (χ2n) is 5.56. The summed E-state index contributed by atoms with van der Waals surface area (Å²) in [5, 5.41) is 10.6. The molecule has 1 aromatic carbocycles. The van der Waals surface area contributed by atoms with Gasteiger partial charge in [0.2, 0.25) is 5.91 Å². The predicted octanol–water partition coefficient (Wildman–Crippen LogP) is 0.907. The molecular weight excluding hydrogens is 275 g/mol. The number of nitrogens with two attached hydrogens (primary N) is 1. The van der Waals surface area contributed by atoms with Crippen molar-refractivity contribution in [3.63, 3.8) is 0 Å². The summed E-state index contributed by atoms with van der Waals surface area (Å²) in [4.78, 5) is 12.8. The summed E-state index contributed by atoms with van der Waals surface area (Å²) < 4.78 is 18.4. The number of amides is 1. The first-order valence-electron chi connectivity index (χ1n) is 7.08. The third-order valence-corrected chi connectivity index (χ3v) is 3.63. The summed E-state index contributed by atoms with van der Waals surface area (Å²) in [5.74, 6) is -0.137. The molecule has 3 N–H and O–H groups in total. The van der Waals surface area contributed by atoms with E-state index < -0.39 is 5.60 Å². The van der Waals surface area contributed by atoms with E-state index in [-0.39, 0.29) is 24.8 Å². The van der Waals surface area contributed by atoms with Crippen LogP contribution in [0.1, 0.15) is 19.3 Å². The van der Waals surface area contributed by atoms with E-state index in [4.69, 9.17) is 10.5 Å². The highest BCUT2D eigenvalue weighted by atomic mass is 19.1. The molecule has 1 fully saturated rings. The van der Waals surface area contributed by atoms with Crippen molar-refractivity contribution in [3.8, 4) is 5.75 Å². The van der Waals surface area contributed by atoms with Crippen molar-refractivity contribution < 1.29 is 19.0 Å². The molecule has 0 spiro atoms. The Bertz CT molecular complexity index is 480. The highest BCUT2D eigenvalue weighted by molar-refractivity contribution is 5.73. The van der Waals surface area contributed by atoms with Crippen LogP contribution >= 0.6 is 0 Å². The van der Waals surface area contributed by atoms with Crippen molar-refractivity contribution in [2.75, 3.05) is 26.2 Å². The molecule has 21 heavy (non-hydrogen) atoms. The minimum Gasteiger partial charge on any atom is -0.491 e. The highest BCUT2D eigenvalue weighted by Gasteiger charge is 2.34. The number of ether oxygens (including phenoxy) is 1. The van der Waals surface area contributed by atoms with Crippen molar-refractivity contribution >= 4 is 5.91 Å². The Labute approximate surface area is 123 Å². The number of aliphatic hydroxyl groups is 1. The van der Waals surface area contributed by atoms with Gasteiger partial charge in [0.15, 0.2) is 0 Å². The number of piperidine rings is 1. The van der Waals surface area contributed by atoms with E-state index in [1.54, 1.807) is 0 Å². The van der Waals surface area contributed by atoms with Crippen LogP contribution in [0.5, 0.6) is 5.75 Å². The van der Waals surface area contributed by atoms with Gasteiger partial charge < -0.3 is 15.6 Å². The number of carbonyl (C=O) groups excluding carboxylic acids is 1. The minimum absolute atomic E-state index is 0.145. The Morgan fingerprint density at radius 3 is 2.81 bits per heavy atom. The molecule has 6 heteroatoms. The number of primary amides is 1. The Balaban J connectivity index is 1.85. The first-order valence-corrected chi connectivity index (χ1v) is 7.08. The van der Waals surface area contributed by atoms with Crippen LogP contribution in [0.4, 0.5) is 4.39 Å². The fourth-order valence-corrected chi connectivity index (χ4v) is 2.53. The van der Waals surface area contributed by atoms with Gasteiger partial charge in [0.25, 0.3) is 0 Å². The third-order valence-electron chi connectivity index (χ3n) is 3.63. The number of β-amino-alcohol motifs (C(OH)–C–C–N with tert-alkyl or cyclic N) is 1. The SMILES string of the molecule is NC(=O)CCN1CCCC(O)(COc2ccc(F)cc2)C1. The van der Waals surface area contributed by atoms with Gasteiger partial charge in [-0.1, -0.05) is 0 Å². The summed E-state index contributed by atoms with van der Waals surface area (Å²) in [7, 11) is 0. The van der Waals surface area contributed by atoms with Crippen LogP contribution < -0.4 is 10.5 Å². The Morgan fingerprint density at radius 2 is 2.14 bits per heavy atom. The van der Waals surface area contributed by atoms with Crippen LogP contribution in [0, 0.1) is 5.82 Å². The molecule has 2 rings (SSSR count). The first kappa shape index (κ1) is 15.7. The number of hydrogen-bond acceptors (Lipinski definition) is 4. The summed E-state index contributed by atoms with van der Waals surface area (Å²) in [5.41, 5.74) is 4.19. The van der Waals surface area contributed by atoms with Gasteiger partial charge in [0, 0.05) is 19.5 Å². The van der Waals surface area contributed by atoms with Gasteiger partial charge in [-0.3, -0.25) is 9.69 Å². The second-order valence-corrected chi connectivity index (χ2v) is 5.56. The molecule has 1 heterocycles.